The van der Waals surface area contributed by atoms with E-state index in [2.05, 4.69) is 16.3 Å². The summed E-state index contributed by atoms with van der Waals surface area (Å²) in [6, 6.07) is 1.88. The fraction of sp³-hybridized carbons (Fsp3) is 0.600. The number of aromatic nitrogens is 2. The monoisotopic (exact) mass is 288 g/mol. The minimum Gasteiger partial charge on any atom is -0.467 e. The van der Waals surface area contributed by atoms with Crippen LogP contribution in [-0.2, 0) is 22.4 Å². The first kappa shape index (κ1) is 15.2. The molecule has 21 heavy (non-hydrogen) atoms. The van der Waals surface area contributed by atoms with Gasteiger partial charge in [-0.15, -0.1) is 5.10 Å². The fourth-order valence-corrected chi connectivity index (χ4v) is 2.88. The van der Waals surface area contributed by atoms with Gasteiger partial charge < -0.3 is 9.64 Å². The van der Waals surface area contributed by atoms with Crippen LogP contribution in [0.2, 0.25) is 0 Å². The first-order valence-corrected chi connectivity index (χ1v) is 7.30. The summed E-state index contributed by atoms with van der Waals surface area (Å²) in [4.78, 5) is 13.7. The van der Waals surface area contributed by atoms with Crippen molar-refractivity contribution in [1.29, 1.82) is 5.26 Å². The number of methoxy groups -OCH3 is 1. The molecule has 1 saturated heterocycles. The van der Waals surface area contributed by atoms with Crippen molar-refractivity contribution in [2.45, 2.75) is 45.6 Å². The topological polar surface area (TPSA) is 79.1 Å². The van der Waals surface area contributed by atoms with Gasteiger partial charge in [-0.1, -0.05) is 13.8 Å². The van der Waals surface area contributed by atoms with Crippen LogP contribution in [-0.4, -0.2) is 35.9 Å². The number of hydrogen-bond donors (Lipinski definition) is 0. The average Bonchev–Trinajstić information content (AvgIpc) is 3.01. The number of rotatable bonds is 4. The van der Waals surface area contributed by atoms with Crippen molar-refractivity contribution < 1.29 is 9.53 Å². The summed E-state index contributed by atoms with van der Waals surface area (Å²) in [5.74, 6) is 0.232. The molecule has 0 spiro atoms. The van der Waals surface area contributed by atoms with Crippen LogP contribution in [0.25, 0.3) is 0 Å². The quantitative estimate of drug-likeness (QED) is 0.783. The third-order valence-corrected chi connectivity index (χ3v) is 3.94. The van der Waals surface area contributed by atoms with Crippen molar-refractivity contribution in [2.75, 3.05) is 18.6 Å². The predicted octanol–water partition coefficient (Wildman–Crippen LogP) is 1.61. The van der Waals surface area contributed by atoms with Crippen molar-refractivity contribution in [2.24, 2.45) is 0 Å². The Morgan fingerprint density at radius 1 is 1.43 bits per heavy atom. The van der Waals surface area contributed by atoms with Crippen LogP contribution >= 0.6 is 0 Å². The van der Waals surface area contributed by atoms with Gasteiger partial charge in [0.05, 0.1) is 12.8 Å². The Balaban J connectivity index is 2.49. The molecule has 2 rings (SSSR count). The third-order valence-electron chi connectivity index (χ3n) is 3.94. The maximum atomic E-state index is 11.9. The molecule has 1 atom stereocenters. The molecule has 0 saturated carbocycles. The smallest absolute Gasteiger partial charge is 0.328 e. The molecule has 1 aliphatic heterocycles. The van der Waals surface area contributed by atoms with E-state index < -0.39 is 0 Å². The molecule has 0 bridgehead atoms. The lowest BCUT2D eigenvalue weighted by Crippen LogP contribution is -2.38. The summed E-state index contributed by atoms with van der Waals surface area (Å²) < 4.78 is 4.85. The minimum absolute atomic E-state index is 0.282. The van der Waals surface area contributed by atoms with Gasteiger partial charge in [0.2, 0.25) is 0 Å². The van der Waals surface area contributed by atoms with Crippen LogP contribution in [0.1, 0.15) is 43.5 Å². The standard InChI is InChI=1S/C15H20N4O2/c1-4-10-11(9-16)14(18-17-12(10)5-2)19-8-6-7-13(19)15(20)21-3/h13H,4-8H2,1-3H3. The number of aryl methyl sites for hydroxylation is 1. The number of carbonyl (C=O) groups excluding carboxylic acids is 1. The molecule has 1 unspecified atom stereocenters. The zero-order valence-electron chi connectivity index (χ0n) is 12.7. The SMILES string of the molecule is CCc1nnc(N2CCCC2C(=O)OC)c(C#N)c1CC. The number of hydrogen-bond acceptors (Lipinski definition) is 6. The van der Waals surface area contributed by atoms with Crippen LogP contribution in [0.5, 0.6) is 0 Å². The van der Waals surface area contributed by atoms with Gasteiger partial charge in [0.25, 0.3) is 0 Å². The number of ether oxygens (including phenoxy) is 1. The summed E-state index contributed by atoms with van der Waals surface area (Å²) >= 11 is 0. The van der Waals surface area contributed by atoms with E-state index in [9.17, 15) is 10.1 Å². The second kappa shape index (κ2) is 6.53. The molecule has 0 aliphatic carbocycles. The maximum absolute atomic E-state index is 11.9. The number of carbonyl (C=O) groups is 1. The molecule has 1 aromatic heterocycles. The van der Waals surface area contributed by atoms with E-state index in [0.717, 1.165) is 36.9 Å². The Kier molecular flexibility index (Phi) is 4.73. The Labute approximate surface area is 124 Å². The Morgan fingerprint density at radius 3 is 2.76 bits per heavy atom. The Hall–Kier alpha value is -2.16. The molecule has 0 radical (unpaired) electrons. The van der Waals surface area contributed by atoms with Crippen molar-refractivity contribution in [3.8, 4) is 6.07 Å². The summed E-state index contributed by atoms with van der Waals surface area (Å²) in [5.41, 5.74) is 2.33. The van der Waals surface area contributed by atoms with E-state index >= 15 is 0 Å². The Morgan fingerprint density at radius 2 is 2.19 bits per heavy atom. The van der Waals surface area contributed by atoms with Gasteiger partial charge in [-0.2, -0.15) is 10.4 Å². The van der Waals surface area contributed by atoms with E-state index in [1.807, 2.05) is 18.7 Å². The highest BCUT2D eigenvalue weighted by Crippen LogP contribution is 2.29. The zero-order valence-corrected chi connectivity index (χ0v) is 12.7. The molecule has 6 heteroatoms. The molecule has 1 fully saturated rings. The highest BCUT2D eigenvalue weighted by Gasteiger charge is 2.34. The van der Waals surface area contributed by atoms with Crippen LogP contribution < -0.4 is 4.90 Å². The Bertz CT molecular complexity index is 580. The van der Waals surface area contributed by atoms with Crippen LogP contribution in [0, 0.1) is 11.3 Å². The summed E-state index contributed by atoms with van der Waals surface area (Å²) in [6.45, 7) is 4.69. The van der Waals surface area contributed by atoms with E-state index in [0.29, 0.717) is 17.9 Å². The first-order chi connectivity index (χ1) is 10.2. The third kappa shape index (κ3) is 2.68. The molecule has 0 N–H and O–H groups in total. The second-order valence-corrected chi connectivity index (χ2v) is 5.02. The lowest BCUT2D eigenvalue weighted by Gasteiger charge is -2.25. The van der Waals surface area contributed by atoms with Gasteiger partial charge in [0.1, 0.15) is 17.7 Å². The molecule has 112 valence electrons. The lowest BCUT2D eigenvalue weighted by molar-refractivity contribution is -0.141. The van der Waals surface area contributed by atoms with Gasteiger partial charge in [-0.25, -0.2) is 4.79 Å². The number of nitriles is 1. The molecule has 2 heterocycles. The summed E-state index contributed by atoms with van der Waals surface area (Å²) in [7, 11) is 1.38. The highest BCUT2D eigenvalue weighted by molar-refractivity contribution is 5.81. The molecule has 1 aliphatic rings. The predicted molar refractivity (Wildman–Crippen MR) is 77.9 cm³/mol. The van der Waals surface area contributed by atoms with Gasteiger partial charge >= 0.3 is 5.97 Å². The number of esters is 1. The highest BCUT2D eigenvalue weighted by atomic mass is 16.5. The van der Waals surface area contributed by atoms with Crippen molar-refractivity contribution in [1.82, 2.24) is 10.2 Å². The second-order valence-electron chi connectivity index (χ2n) is 5.02. The molecular weight excluding hydrogens is 268 g/mol. The van der Waals surface area contributed by atoms with Crippen LogP contribution in [0.3, 0.4) is 0 Å². The average molecular weight is 288 g/mol. The van der Waals surface area contributed by atoms with E-state index in [1.165, 1.54) is 7.11 Å². The van der Waals surface area contributed by atoms with Gasteiger partial charge in [-0.05, 0) is 31.2 Å². The lowest BCUT2D eigenvalue weighted by atomic mass is 10.0. The van der Waals surface area contributed by atoms with Gasteiger partial charge in [0, 0.05) is 6.54 Å². The van der Waals surface area contributed by atoms with Crippen molar-refractivity contribution in [3.63, 3.8) is 0 Å². The molecule has 6 nitrogen and oxygen atoms in total. The molecule has 0 amide bonds. The normalized spacial score (nSPS) is 17.6. The summed E-state index contributed by atoms with van der Waals surface area (Å²) in [5, 5.41) is 18.0. The molecular formula is C15H20N4O2. The minimum atomic E-state index is -0.367. The number of anilines is 1. The molecule has 1 aromatic rings. The van der Waals surface area contributed by atoms with Gasteiger partial charge in [-0.3, -0.25) is 0 Å². The first-order valence-electron chi connectivity index (χ1n) is 7.30. The van der Waals surface area contributed by atoms with Crippen LogP contribution in [0.15, 0.2) is 0 Å². The van der Waals surface area contributed by atoms with Gasteiger partial charge in [0.15, 0.2) is 5.82 Å². The zero-order chi connectivity index (χ0) is 15.4. The van der Waals surface area contributed by atoms with E-state index in [1.54, 1.807) is 0 Å². The van der Waals surface area contributed by atoms with E-state index in [-0.39, 0.29) is 12.0 Å². The van der Waals surface area contributed by atoms with E-state index in [4.69, 9.17) is 4.74 Å². The molecule has 0 aromatic carbocycles. The van der Waals surface area contributed by atoms with Crippen molar-refractivity contribution in [3.05, 3.63) is 16.8 Å². The number of nitrogens with zero attached hydrogens (tertiary/aromatic N) is 4. The largest absolute Gasteiger partial charge is 0.467 e. The van der Waals surface area contributed by atoms with Crippen LogP contribution in [0.4, 0.5) is 5.82 Å². The fourth-order valence-electron chi connectivity index (χ4n) is 2.88. The maximum Gasteiger partial charge on any atom is 0.328 e. The van der Waals surface area contributed by atoms with Crippen molar-refractivity contribution >= 4 is 11.8 Å². The summed E-state index contributed by atoms with van der Waals surface area (Å²) in [6.07, 6.45) is 3.07.